The van der Waals surface area contributed by atoms with E-state index in [1.165, 1.54) is 4.90 Å². The molecule has 0 spiro atoms. The molecule has 3 heterocycles. The van der Waals surface area contributed by atoms with Crippen molar-refractivity contribution in [3.63, 3.8) is 0 Å². The lowest BCUT2D eigenvalue weighted by molar-refractivity contribution is -0.123. The van der Waals surface area contributed by atoms with E-state index in [9.17, 15) is 9.59 Å². The number of rotatable bonds is 5. The Morgan fingerprint density at radius 2 is 1.90 bits per heavy atom. The van der Waals surface area contributed by atoms with Crippen LogP contribution < -0.4 is 9.64 Å². The Morgan fingerprint density at radius 1 is 1.10 bits per heavy atom. The van der Waals surface area contributed by atoms with E-state index in [0.29, 0.717) is 24.0 Å². The zero-order chi connectivity index (χ0) is 21.4. The molecular weight excluding hydrogens is 392 g/mol. The van der Waals surface area contributed by atoms with Crippen LogP contribution in [0.15, 0.2) is 48.5 Å². The molecule has 1 atom stereocenters. The van der Waals surface area contributed by atoms with E-state index < -0.39 is 0 Å². The minimum absolute atomic E-state index is 0.138. The molecule has 1 aromatic heterocycles. The number of fused-ring (bicyclic) bond motifs is 1. The third-order valence-electron chi connectivity index (χ3n) is 6.27. The Kier molecular flexibility index (Phi) is 5.19. The van der Waals surface area contributed by atoms with Crippen molar-refractivity contribution in [2.24, 2.45) is 0 Å². The van der Waals surface area contributed by atoms with Gasteiger partial charge >= 0.3 is 0 Å². The van der Waals surface area contributed by atoms with Crippen LogP contribution in [0.1, 0.15) is 37.9 Å². The third kappa shape index (κ3) is 3.70. The van der Waals surface area contributed by atoms with Crippen LogP contribution in [0.3, 0.4) is 0 Å². The van der Waals surface area contributed by atoms with Gasteiger partial charge in [0.25, 0.3) is 5.91 Å². The maximum absolute atomic E-state index is 13.2. The fourth-order valence-electron chi connectivity index (χ4n) is 4.70. The van der Waals surface area contributed by atoms with Gasteiger partial charge in [0, 0.05) is 12.0 Å². The van der Waals surface area contributed by atoms with Crippen LogP contribution in [0.4, 0.5) is 5.69 Å². The van der Waals surface area contributed by atoms with Crippen LogP contribution in [-0.2, 0) is 9.59 Å². The smallest absolute Gasteiger partial charge is 0.251 e. The van der Waals surface area contributed by atoms with E-state index >= 15 is 0 Å². The second-order valence-corrected chi connectivity index (χ2v) is 8.17. The van der Waals surface area contributed by atoms with E-state index in [2.05, 4.69) is 9.88 Å². The molecule has 2 aromatic carbocycles. The summed E-state index contributed by atoms with van der Waals surface area (Å²) in [6.07, 6.45) is 2.06. The average molecular weight is 418 g/mol. The number of aromatic nitrogens is 2. The Bertz CT molecular complexity index is 1080. The fourth-order valence-corrected chi connectivity index (χ4v) is 4.70. The number of piperidine rings is 1. The molecule has 3 aromatic rings. The molecule has 2 aliphatic rings. The monoisotopic (exact) mass is 418 g/mol. The molecule has 0 saturated carbocycles. The molecule has 31 heavy (non-hydrogen) atoms. The summed E-state index contributed by atoms with van der Waals surface area (Å²) < 4.78 is 5.53. The summed E-state index contributed by atoms with van der Waals surface area (Å²) in [4.78, 5) is 37.5. The summed E-state index contributed by atoms with van der Waals surface area (Å²) in [5.41, 5.74) is 2.63. The molecule has 2 amide bonds. The Balaban J connectivity index is 1.27. The number of para-hydroxylation sites is 2. The summed E-state index contributed by atoms with van der Waals surface area (Å²) in [5, 5.41) is 0. The van der Waals surface area contributed by atoms with Crippen molar-refractivity contribution in [3.05, 3.63) is 54.4 Å². The summed E-state index contributed by atoms with van der Waals surface area (Å²) in [6, 6.07) is 14.9. The number of amides is 2. The average Bonchev–Trinajstić information content (AvgIpc) is 3.35. The number of aromatic amines is 1. The first-order valence-electron chi connectivity index (χ1n) is 10.9. The molecule has 0 aliphatic carbocycles. The Labute approximate surface area is 181 Å². The predicted molar refractivity (Wildman–Crippen MR) is 118 cm³/mol. The molecule has 160 valence electrons. The Hall–Kier alpha value is -3.19. The largest absolute Gasteiger partial charge is 0.494 e. The lowest BCUT2D eigenvalue weighted by atomic mass is 9.95. The molecule has 7 heteroatoms. The van der Waals surface area contributed by atoms with Gasteiger partial charge in [-0.05, 0) is 57.1 Å². The molecule has 0 radical (unpaired) electrons. The van der Waals surface area contributed by atoms with Crippen LogP contribution in [0.5, 0.6) is 5.75 Å². The number of carbonyl (C=O) groups excluding carboxylic acids is 2. The standard InChI is InChI=1S/C24H26N4O3/c1-2-31-18-7-5-6-17(14-18)28-22(29)15-21(24(28)30)27-12-10-16(11-13-27)23-25-19-8-3-4-9-20(19)26-23/h3-9,14,16,21H,2,10-13,15H2,1H3,(H,25,26)/t21-/m1/s1. The van der Waals surface area contributed by atoms with Gasteiger partial charge in [-0.1, -0.05) is 18.2 Å². The van der Waals surface area contributed by atoms with E-state index in [-0.39, 0.29) is 24.3 Å². The van der Waals surface area contributed by atoms with Crippen LogP contribution >= 0.6 is 0 Å². The second kappa shape index (κ2) is 8.15. The minimum Gasteiger partial charge on any atom is -0.494 e. The fraction of sp³-hybridized carbons (Fsp3) is 0.375. The molecule has 0 unspecified atom stereocenters. The first kappa shape index (κ1) is 19.8. The van der Waals surface area contributed by atoms with Gasteiger partial charge in [0.2, 0.25) is 5.91 Å². The van der Waals surface area contributed by atoms with Crippen molar-refractivity contribution >= 4 is 28.5 Å². The highest BCUT2D eigenvalue weighted by Crippen LogP contribution is 2.33. The van der Waals surface area contributed by atoms with Gasteiger partial charge < -0.3 is 9.72 Å². The maximum atomic E-state index is 13.2. The third-order valence-corrected chi connectivity index (χ3v) is 6.27. The van der Waals surface area contributed by atoms with Crippen LogP contribution in [0, 0.1) is 0 Å². The number of nitrogens with zero attached hydrogens (tertiary/aromatic N) is 3. The molecule has 1 N–H and O–H groups in total. The zero-order valence-electron chi connectivity index (χ0n) is 17.6. The van der Waals surface area contributed by atoms with Crippen LogP contribution in [0.25, 0.3) is 11.0 Å². The van der Waals surface area contributed by atoms with Gasteiger partial charge in [0.1, 0.15) is 11.6 Å². The van der Waals surface area contributed by atoms with E-state index in [4.69, 9.17) is 9.72 Å². The SMILES string of the molecule is CCOc1cccc(N2C(=O)C[C@@H](N3CCC(c4nc5ccccc5[nH]4)CC3)C2=O)c1. The predicted octanol–water partition coefficient (Wildman–Crippen LogP) is 3.47. The number of H-pyrrole nitrogens is 1. The molecule has 2 fully saturated rings. The number of anilines is 1. The van der Waals surface area contributed by atoms with E-state index in [0.717, 1.165) is 42.8 Å². The first-order chi connectivity index (χ1) is 15.1. The first-order valence-corrected chi connectivity index (χ1v) is 10.9. The van der Waals surface area contributed by atoms with Gasteiger partial charge in [-0.15, -0.1) is 0 Å². The number of carbonyl (C=O) groups is 2. The summed E-state index contributed by atoms with van der Waals surface area (Å²) >= 11 is 0. The van der Waals surface area contributed by atoms with E-state index in [1.54, 1.807) is 12.1 Å². The van der Waals surface area contributed by atoms with Gasteiger partial charge in [0.15, 0.2) is 0 Å². The van der Waals surface area contributed by atoms with Crippen molar-refractivity contribution in [1.82, 2.24) is 14.9 Å². The van der Waals surface area contributed by atoms with Gasteiger partial charge in [-0.25, -0.2) is 9.88 Å². The van der Waals surface area contributed by atoms with Crippen molar-refractivity contribution in [2.75, 3.05) is 24.6 Å². The highest BCUT2D eigenvalue weighted by molar-refractivity contribution is 6.22. The number of ether oxygens (including phenoxy) is 1. The molecule has 2 saturated heterocycles. The van der Waals surface area contributed by atoms with Gasteiger partial charge in [0.05, 0.1) is 35.8 Å². The van der Waals surface area contributed by atoms with Crippen molar-refractivity contribution in [2.45, 2.75) is 38.1 Å². The number of hydrogen-bond donors (Lipinski definition) is 1. The number of likely N-dealkylation sites (tertiary alicyclic amines) is 1. The topological polar surface area (TPSA) is 78.5 Å². The molecule has 7 nitrogen and oxygen atoms in total. The van der Waals surface area contributed by atoms with Crippen LogP contribution in [0.2, 0.25) is 0 Å². The maximum Gasteiger partial charge on any atom is 0.251 e. The molecular formula is C24H26N4O3. The Morgan fingerprint density at radius 3 is 2.68 bits per heavy atom. The highest BCUT2D eigenvalue weighted by Gasteiger charge is 2.43. The molecule has 5 rings (SSSR count). The lowest BCUT2D eigenvalue weighted by Gasteiger charge is -2.34. The van der Waals surface area contributed by atoms with Crippen LogP contribution in [-0.4, -0.2) is 52.4 Å². The summed E-state index contributed by atoms with van der Waals surface area (Å²) in [6.45, 7) is 3.99. The second-order valence-electron chi connectivity index (χ2n) is 8.17. The van der Waals surface area contributed by atoms with Gasteiger partial charge in [-0.3, -0.25) is 14.5 Å². The summed E-state index contributed by atoms with van der Waals surface area (Å²) in [7, 11) is 0. The number of hydrogen-bond acceptors (Lipinski definition) is 5. The lowest BCUT2D eigenvalue weighted by Crippen LogP contribution is -2.45. The van der Waals surface area contributed by atoms with E-state index in [1.807, 2.05) is 43.3 Å². The highest BCUT2D eigenvalue weighted by atomic mass is 16.5. The number of nitrogens with one attached hydrogen (secondary N) is 1. The molecule has 0 bridgehead atoms. The molecule has 2 aliphatic heterocycles. The normalized spacial score (nSPS) is 20.7. The zero-order valence-corrected chi connectivity index (χ0v) is 17.6. The van der Waals surface area contributed by atoms with Crippen molar-refractivity contribution < 1.29 is 14.3 Å². The van der Waals surface area contributed by atoms with Crippen molar-refractivity contribution in [1.29, 1.82) is 0 Å². The summed E-state index contributed by atoms with van der Waals surface area (Å²) in [5.74, 6) is 1.73. The van der Waals surface area contributed by atoms with Crippen molar-refractivity contribution in [3.8, 4) is 5.75 Å². The quantitative estimate of drug-likeness (QED) is 0.642. The number of imidazole rings is 1. The number of imide groups is 1. The van der Waals surface area contributed by atoms with Gasteiger partial charge in [-0.2, -0.15) is 0 Å². The minimum atomic E-state index is -0.389. The number of benzene rings is 2.